The van der Waals surface area contributed by atoms with Crippen LogP contribution >= 0.6 is 0 Å². The predicted octanol–water partition coefficient (Wildman–Crippen LogP) is 1.75. The average Bonchev–Trinajstić information content (AvgIpc) is 3.16. The number of rotatable bonds is 5. The van der Waals surface area contributed by atoms with E-state index in [4.69, 9.17) is 0 Å². The van der Waals surface area contributed by atoms with Crippen molar-refractivity contribution < 1.29 is 8.42 Å². The fourth-order valence-corrected chi connectivity index (χ4v) is 2.97. The first-order valence-corrected chi connectivity index (χ1v) is 8.76. The number of nitrogens with zero attached hydrogens (tertiary/aromatic N) is 5. The molecule has 3 aromatic heterocycles. The Morgan fingerprint density at radius 3 is 2.75 bits per heavy atom. The van der Waals surface area contributed by atoms with Gasteiger partial charge in [0.1, 0.15) is 16.5 Å². The molecule has 9 nitrogen and oxygen atoms in total. The maximum Gasteiger partial charge on any atom is 0.266 e. The van der Waals surface area contributed by atoms with E-state index in [2.05, 4.69) is 30.0 Å². The molecule has 2 N–H and O–H groups in total. The molecular weight excluding hydrogens is 330 g/mol. The van der Waals surface area contributed by atoms with Gasteiger partial charge in [-0.3, -0.25) is 14.5 Å². The molecule has 10 heteroatoms. The average molecular weight is 347 g/mol. The number of anilines is 1. The van der Waals surface area contributed by atoms with Crippen LogP contribution in [0.15, 0.2) is 35.6 Å². The zero-order chi connectivity index (χ0) is 17.3. The molecule has 0 aliphatic rings. The van der Waals surface area contributed by atoms with E-state index in [1.165, 1.54) is 18.6 Å². The normalized spacial score (nSPS) is 11.8. The van der Waals surface area contributed by atoms with E-state index in [0.717, 1.165) is 0 Å². The second-order valence-corrected chi connectivity index (χ2v) is 7.21. The molecule has 24 heavy (non-hydrogen) atoms. The van der Waals surface area contributed by atoms with Gasteiger partial charge in [-0.05, 0) is 32.9 Å². The molecule has 0 spiro atoms. The van der Waals surface area contributed by atoms with Crippen molar-refractivity contribution in [2.75, 3.05) is 4.72 Å². The van der Waals surface area contributed by atoms with Crippen molar-refractivity contribution >= 4 is 15.8 Å². The molecule has 0 radical (unpaired) electrons. The monoisotopic (exact) mass is 347 g/mol. The van der Waals surface area contributed by atoms with E-state index in [9.17, 15) is 8.42 Å². The Bertz CT molecular complexity index is 959. The summed E-state index contributed by atoms with van der Waals surface area (Å²) >= 11 is 0. The quantitative estimate of drug-likeness (QED) is 0.726. The van der Waals surface area contributed by atoms with Crippen molar-refractivity contribution in [1.29, 1.82) is 0 Å². The molecule has 0 saturated heterocycles. The van der Waals surface area contributed by atoms with Crippen molar-refractivity contribution in [2.45, 2.75) is 31.7 Å². The van der Waals surface area contributed by atoms with Crippen molar-refractivity contribution in [1.82, 2.24) is 29.9 Å². The first-order valence-electron chi connectivity index (χ1n) is 7.27. The lowest BCUT2D eigenvalue weighted by atomic mass is 10.2. The smallest absolute Gasteiger partial charge is 0.266 e. The number of aromatic nitrogens is 6. The molecule has 0 atom stereocenters. The van der Waals surface area contributed by atoms with Crippen molar-refractivity contribution in [3.63, 3.8) is 0 Å². The molecule has 3 heterocycles. The third-order valence-corrected chi connectivity index (χ3v) is 4.58. The number of pyridine rings is 1. The van der Waals surface area contributed by atoms with Gasteiger partial charge in [-0.15, -0.1) is 0 Å². The summed E-state index contributed by atoms with van der Waals surface area (Å²) in [6.45, 7) is 5.62. The maximum atomic E-state index is 12.4. The predicted molar refractivity (Wildman–Crippen MR) is 87.8 cm³/mol. The van der Waals surface area contributed by atoms with Gasteiger partial charge in [0.05, 0.1) is 6.20 Å². The van der Waals surface area contributed by atoms with Gasteiger partial charge < -0.3 is 0 Å². The van der Waals surface area contributed by atoms with Crippen molar-refractivity contribution in [2.24, 2.45) is 0 Å². The third-order valence-electron chi connectivity index (χ3n) is 3.27. The Hall–Kier alpha value is -2.75. The summed E-state index contributed by atoms with van der Waals surface area (Å²) in [6, 6.07) is 3.36. The number of aromatic amines is 1. The molecule has 0 aromatic carbocycles. The van der Waals surface area contributed by atoms with Crippen LogP contribution in [0.3, 0.4) is 0 Å². The van der Waals surface area contributed by atoms with Gasteiger partial charge >= 0.3 is 0 Å². The van der Waals surface area contributed by atoms with Crippen molar-refractivity contribution in [3.05, 3.63) is 36.5 Å². The van der Waals surface area contributed by atoms with Gasteiger partial charge in [-0.1, -0.05) is 0 Å². The molecule has 0 saturated carbocycles. The summed E-state index contributed by atoms with van der Waals surface area (Å²) in [7, 11) is -3.76. The summed E-state index contributed by atoms with van der Waals surface area (Å²) in [6.07, 6.45) is 4.29. The number of H-pyrrole nitrogens is 1. The largest absolute Gasteiger partial charge is 0.269 e. The zero-order valence-electron chi connectivity index (χ0n) is 13.4. The summed E-state index contributed by atoms with van der Waals surface area (Å²) in [4.78, 5) is 8.34. The summed E-state index contributed by atoms with van der Waals surface area (Å²) in [5.74, 6) is 1.33. The molecule has 0 bridgehead atoms. The second kappa shape index (κ2) is 6.04. The molecule has 3 aromatic rings. The first kappa shape index (κ1) is 16.1. The van der Waals surface area contributed by atoms with E-state index >= 15 is 0 Å². The van der Waals surface area contributed by atoms with Gasteiger partial charge in [0.2, 0.25) is 0 Å². The molecular formula is C14H17N7O2S. The van der Waals surface area contributed by atoms with Gasteiger partial charge in [-0.25, -0.2) is 18.4 Å². The van der Waals surface area contributed by atoms with E-state index in [1.54, 1.807) is 23.7 Å². The molecule has 0 aliphatic carbocycles. The summed E-state index contributed by atoms with van der Waals surface area (Å²) < 4.78 is 28.9. The highest BCUT2D eigenvalue weighted by Gasteiger charge is 2.18. The molecule has 3 rings (SSSR count). The third kappa shape index (κ3) is 3.27. The van der Waals surface area contributed by atoms with Crippen LogP contribution in [0.5, 0.6) is 0 Å². The number of sulfonamides is 1. The Labute approximate surface area is 139 Å². The topological polar surface area (TPSA) is 118 Å². The molecule has 0 aliphatic heterocycles. The van der Waals surface area contributed by atoms with Crippen LogP contribution in [0.2, 0.25) is 0 Å². The molecule has 0 unspecified atom stereocenters. The minimum absolute atomic E-state index is 0.0735. The Morgan fingerprint density at radius 2 is 2.12 bits per heavy atom. The standard InChI is InChI=1S/C14H17N7O2S/c1-9(2)21-8-12(7-16-21)24(22,23)20-13-6-11(4-5-15-13)14-17-10(3)18-19-14/h4-9H,1-3H3,(H,15,20)(H,17,18,19). The lowest BCUT2D eigenvalue weighted by molar-refractivity contribution is 0.531. The Kier molecular flexibility index (Phi) is 4.06. The highest BCUT2D eigenvalue weighted by Crippen LogP contribution is 2.20. The minimum Gasteiger partial charge on any atom is -0.269 e. The SMILES string of the molecule is Cc1nc(-c2ccnc(NS(=O)(=O)c3cnn(C(C)C)c3)c2)n[nH]1. The molecule has 126 valence electrons. The van der Waals surface area contributed by atoms with Crippen LogP contribution in [0.1, 0.15) is 25.7 Å². The molecule has 0 fully saturated rings. The zero-order valence-corrected chi connectivity index (χ0v) is 14.2. The number of aryl methyl sites for hydroxylation is 1. The lowest BCUT2D eigenvalue weighted by Gasteiger charge is -2.06. The Balaban J connectivity index is 1.87. The second-order valence-electron chi connectivity index (χ2n) is 5.53. The van der Waals surface area contributed by atoms with Crippen LogP contribution in [-0.4, -0.2) is 38.4 Å². The molecule has 0 amide bonds. The highest BCUT2D eigenvalue weighted by atomic mass is 32.2. The van der Waals surface area contributed by atoms with E-state index in [-0.39, 0.29) is 16.8 Å². The Morgan fingerprint density at radius 1 is 1.33 bits per heavy atom. The van der Waals surface area contributed by atoms with Gasteiger partial charge in [0.25, 0.3) is 10.0 Å². The maximum absolute atomic E-state index is 12.4. The number of hydrogen-bond acceptors (Lipinski definition) is 6. The van der Waals surface area contributed by atoms with Gasteiger partial charge in [0.15, 0.2) is 5.82 Å². The van der Waals surface area contributed by atoms with E-state index in [0.29, 0.717) is 17.2 Å². The van der Waals surface area contributed by atoms with Gasteiger partial charge in [-0.2, -0.15) is 10.2 Å². The number of nitrogens with one attached hydrogen (secondary N) is 2. The summed E-state index contributed by atoms with van der Waals surface area (Å²) in [5.41, 5.74) is 0.657. The minimum atomic E-state index is -3.76. The number of hydrogen-bond donors (Lipinski definition) is 2. The lowest BCUT2D eigenvalue weighted by Crippen LogP contribution is -2.13. The van der Waals surface area contributed by atoms with Crippen LogP contribution in [0.25, 0.3) is 11.4 Å². The van der Waals surface area contributed by atoms with E-state index < -0.39 is 10.0 Å². The van der Waals surface area contributed by atoms with Gasteiger partial charge in [0, 0.05) is 24.0 Å². The highest BCUT2D eigenvalue weighted by molar-refractivity contribution is 7.92. The fourth-order valence-electron chi connectivity index (χ4n) is 2.04. The first-order chi connectivity index (χ1) is 11.3. The van der Waals surface area contributed by atoms with Crippen LogP contribution in [-0.2, 0) is 10.0 Å². The summed E-state index contributed by atoms with van der Waals surface area (Å²) in [5, 5.41) is 10.8. The van der Waals surface area contributed by atoms with Crippen LogP contribution in [0.4, 0.5) is 5.82 Å². The van der Waals surface area contributed by atoms with Crippen LogP contribution < -0.4 is 4.72 Å². The van der Waals surface area contributed by atoms with E-state index in [1.807, 2.05) is 13.8 Å². The van der Waals surface area contributed by atoms with Crippen LogP contribution in [0, 0.1) is 6.92 Å². The van der Waals surface area contributed by atoms with Crippen molar-refractivity contribution in [3.8, 4) is 11.4 Å². The fraction of sp³-hybridized carbons (Fsp3) is 0.286.